The molecule has 1 unspecified atom stereocenters. The summed E-state index contributed by atoms with van der Waals surface area (Å²) in [5.74, 6) is 1.27. The van der Waals surface area contributed by atoms with Gasteiger partial charge in [0, 0.05) is 23.7 Å². The summed E-state index contributed by atoms with van der Waals surface area (Å²) in [5.41, 5.74) is 0.590. The van der Waals surface area contributed by atoms with E-state index in [0.717, 1.165) is 30.5 Å². The van der Waals surface area contributed by atoms with E-state index in [4.69, 9.17) is 0 Å². The van der Waals surface area contributed by atoms with E-state index in [0.29, 0.717) is 17.4 Å². The molecule has 0 bridgehead atoms. The van der Waals surface area contributed by atoms with E-state index < -0.39 is 6.43 Å². The first-order chi connectivity index (χ1) is 10.2. The van der Waals surface area contributed by atoms with E-state index in [9.17, 15) is 8.78 Å². The first kappa shape index (κ1) is 14.5. The number of aromatic nitrogens is 2. The zero-order valence-electron chi connectivity index (χ0n) is 11.8. The average molecular weight is 309 g/mol. The Kier molecular flexibility index (Phi) is 4.24. The van der Waals surface area contributed by atoms with Crippen LogP contribution in [0.4, 0.5) is 14.6 Å². The molecule has 0 spiro atoms. The Morgan fingerprint density at radius 2 is 2.14 bits per heavy atom. The molecule has 3 rings (SSSR count). The first-order valence-corrected chi connectivity index (χ1v) is 8.40. The van der Waals surface area contributed by atoms with Gasteiger partial charge in [-0.05, 0) is 31.2 Å². The topological polar surface area (TPSA) is 29.0 Å². The van der Waals surface area contributed by atoms with Crippen LogP contribution in [0.2, 0.25) is 0 Å². The Morgan fingerprint density at radius 3 is 2.90 bits per heavy atom. The van der Waals surface area contributed by atoms with Gasteiger partial charge in [-0.3, -0.25) is 0 Å². The highest BCUT2D eigenvalue weighted by atomic mass is 32.2. The molecule has 112 valence electrons. The Labute approximate surface area is 126 Å². The zero-order chi connectivity index (χ0) is 14.8. The molecule has 0 N–H and O–H groups in total. The van der Waals surface area contributed by atoms with E-state index in [1.807, 2.05) is 18.2 Å². The number of hydrogen-bond acceptors (Lipinski definition) is 4. The third-order valence-electron chi connectivity index (χ3n) is 3.80. The van der Waals surface area contributed by atoms with Crippen molar-refractivity contribution in [2.45, 2.75) is 25.3 Å². The summed E-state index contributed by atoms with van der Waals surface area (Å²) < 4.78 is 26.1. The molecule has 3 nitrogen and oxygen atoms in total. The van der Waals surface area contributed by atoms with E-state index in [1.165, 1.54) is 0 Å². The highest BCUT2D eigenvalue weighted by Gasteiger charge is 2.28. The standard InChI is InChI=1S/C15H17F2N3S/c1-21-9-10-5-4-8-20(10)15-11-6-2-3-7-12(11)18-14(19-15)13(16)17/h2-3,6-7,10,13H,4-5,8-9H2,1H3. The van der Waals surface area contributed by atoms with E-state index in [-0.39, 0.29) is 5.82 Å². The Hall–Kier alpha value is -1.43. The third-order valence-corrected chi connectivity index (χ3v) is 4.52. The third kappa shape index (κ3) is 2.81. The van der Waals surface area contributed by atoms with Gasteiger partial charge in [0.2, 0.25) is 0 Å². The first-order valence-electron chi connectivity index (χ1n) is 7.01. The fourth-order valence-electron chi connectivity index (χ4n) is 2.87. The largest absolute Gasteiger partial charge is 0.352 e. The van der Waals surface area contributed by atoms with Gasteiger partial charge in [-0.15, -0.1) is 0 Å². The molecule has 1 aromatic heterocycles. The van der Waals surface area contributed by atoms with Crippen LogP contribution in [0.1, 0.15) is 25.1 Å². The minimum Gasteiger partial charge on any atom is -0.352 e. The number of halogens is 2. The summed E-state index contributed by atoms with van der Waals surface area (Å²) in [5, 5.41) is 0.856. The van der Waals surface area contributed by atoms with Gasteiger partial charge < -0.3 is 4.90 Å². The predicted octanol–water partition coefficient (Wildman–Crippen LogP) is 3.90. The number of nitrogens with zero attached hydrogens (tertiary/aromatic N) is 3. The summed E-state index contributed by atoms with van der Waals surface area (Å²) >= 11 is 1.78. The lowest BCUT2D eigenvalue weighted by Gasteiger charge is -2.26. The van der Waals surface area contributed by atoms with Gasteiger partial charge in [-0.2, -0.15) is 11.8 Å². The van der Waals surface area contributed by atoms with Crippen LogP contribution in [-0.4, -0.2) is 34.6 Å². The number of fused-ring (bicyclic) bond motifs is 1. The lowest BCUT2D eigenvalue weighted by atomic mass is 10.2. The lowest BCUT2D eigenvalue weighted by molar-refractivity contribution is 0.141. The summed E-state index contributed by atoms with van der Waals surface area (Å²) in [4.78, 5) is 10.3. The molecule has 0 amide bonds. The maximum Gasteiger partial charge on any atom is 0.297 e. The molecule has 6 heteroatoms. The molecule has 1 fully saturated rings. The quantitative estimate of drug-likeness (QED) is 0.856. The van der Waals surface area contributed by atoms with Crippen molar-refractivity contribution >= 4 is 28.5 Å². The van der Waals surface area contributed by atoms with Crippen LogP contribution in [0.25, 0.3) is 10.9 Å². The van der Waals surface area contributed by atoms with Gasteiger partial charge in [0.1, 0.15) is 5.82 Å². The van der Waals surface area contributed by atoms with Crippen molar-refractivity contribution in [3.05, 3.63) is 30.1 Å². The molecule has 1 saturated heterocycles. The number of thioether (sulfide) groups is 1. The molecule has 21 heavy (non-hydrogen) atoms. The minimum absolute atomic E-state index is 0.365. The number of para-hydroxylation sites is 1. The predicted molar refractivity (Wildman–Crippen MR) is 83.2 cm³/mol. The molecular weight excluding hydrogens is 292 g/mol. The maximum absolute atomic E-state index is 13.1. The molecule has 2 heterocycles. The Morgan fingerprint density at radius 1 is 1.33 bits per heavy atom. The molecule has 2 aromatic rings. The highest BCUT2D eigenvalue weighted by Crippen LogP contribution is 2.32. The molecule has 0 radical (unpaired) electrons. The number of anilines is 1. The van der Waals surface area contributed by atoms with Gasteiger partial charge in [0.05, 0.1) is 5.52 Å². The van der Waals surface area contributed by atoms with Crippen molar-refractivity contribution in [3.8, 4) is 0 Å². The van der Waals surface area contributed by atoms with Crippen LogP contribution >= 0.6 is 11.8 Å². The van der Waals surface area contributed by atoms with Crippen LogP contribution in [0, 0.1) is 0 Å². The maximum atomic E-state index is 13.1. The van der Waals surface area contributed by atoms with Crippen molar-refractivity contribution in [2.24, 2.45) is 0 Å². The SMILES string of the molecule is CSCC1CCCN1c1nc(C(F)F)nc2ccccc12. The highest BCUT2D eigenvalue weighted by molar-refractivity contribution is 7.98. The molecule has 1 aliphatic heterocycles. The minimum atomic E-state index is -2.64. The van der Waals surface area contributed by atoms with Gasteiger partial charge in [-0.1, -0.05) is 12.1 Å². The van der Waals surface area contributed by atoms with Crippen molar-refractivity contribution in [3.63, 3.8) is 0 Å². The monoisotopic (exact) mass is 309 g/mol. The molecule has 1 aliphatic rings. The van der Waals surface area contributed by atoms with Crippen LogP contribution in [0.15, 0.2) is 24.3 Å². The van der Waals surface area contributed by atoms with Crippen LogP contribution < -0.4 is 4.90 Å². The van der Waals surface area contributed by atoms with Crippen LogP contribution in [0.3, 0.4) is 0 Å². The normalized spacial score (nSPS) is 18.9. The second-order valence-corrected chi connectivity index (χ2v) is 6.08. The van der Waals surface area contributed by atoms with Crippen LogP contribution in [-0.2, 0) is 0 Å². The number of benzene rings is 1. The summed E-state index contributed by atoms with van der Waals surface area (Å²) in [6, 6.07) is 7.76. The smallest absolute Gasteiger partial charge is 0.297 e. The average Bonchev–Trinajstić information content (AvgIpc) is 2.94. The zero-order valence-corrected chi connectivity index (χ0v) is 12.6. The number of rotatable bonds is 4. The Bertz CT molecular complexity index is 635. The van der Waals surface area contributed by atoms with Gasteiger partial charge in [0.15, 0.2) is 5.82 Å². The molecule has 1 aromatic carbocycles. The van der Waals surface area contributed by atoms with Crippen molar-refractivity contribution in [1.29, 1.82) is 0 Å². The van der Waals surface area contributed by atoms with E-state index >= 15 is 0 Å². The summed E-state index contributed by atoms with van der Waals surface area (Å²) in [7, 11) is 0. The van der Waals surface area contributed by atoms with Gasteiger partial charge in [-0.25, -0.2) is 18.7 Å². The number of hydrogen-bond donors (Lipinski definition) is 0. The van der Waals surface area contributed by atoms with Crippen molar-refractivity contribution in [1.82, 2.24) is 9.97 Å². The second kappa shape index (κ2) is 6.13. The van der Waals surface area contributed by atoms with Gasteiger partial charge >= 0.3 is 0 Å². The van der Waals surface area contributed by atoms with E-state index in [2.05, 4.69) is 21.1 Å². The van der Waals surface area contributed by atoms with E-state index in [1.54, 1.807) is 17.8 Å². The molecule has 0 aliphatic carbocycles. The Balaban J connectivity index is 2.11. The van der Waals surface area contributed by atoms with Gasteiger partial charge in [0.25, 0.3) is 6.43 Å². The lowest BCUT2D eigenvalue weighted by Crippen LogP contribution is -2.32. The molecule has 1 atom stereocenters. The molecular formula is C15H17F2N3S. The van der Waals surface area contributed by atoms with Crippen molar-refractivity contribution in [2.75, 3.05) is 23.5 Å². The molecule has 0 saturated carbocycles. The fraction of sp³-hybridized carbons (Fsp3) is 0.467. The summed E-state index contributed by atoms with van der Waals surface area (Å²) in [6.45, 7) is 0.870. The van der Waals surface area contributed by atoms with Crippen molar-refractivity contribution < 1.29 is 8.78 Å². The second-order valence-electron chi connectivity index (χ2n) is 5.17. The number of alkyl halides is 2. The van der Waals surface area contributed by atoms with Crippen LogP contribution in [0.5, 0.6) is 0 Å². The fourth-order valence-corrected chi connectivity index (χ4v) is 3.61. The summed E-state index contributed by atoms with van der Waals surface area (Å²) in [6.07, 6.45) is 1.59.